The predicted molar refractivity (Wildman–Crippen MR) is 156 cm³/mol. The highest BCUT2D eigenvalue weighted by Gasteiger charge is 2.58. The Morgan fingerprint density at radius 3 is 1.93 bits per heavy atom. The Morgan fingerprint density at radius 2 is 1.32 bits per heavy atom. The Labute approximate surface area is 238 Å². The number of piperazine rings is 1. The van der Waals surface area contributed by atoms with Gasteiger partial charge in [0.05, 0.1) is 12.0 Å². The molecule has 0 spiro atoms. The lowest BCUT2D eigenvalue weighted by atomic mass is 9.77. The third kappa shape index (κ3) is 4.87. The van der Waals surface area contributed by atoms with Gasteiger partial charge in [-0.05, 0) is 29.1 Å². The van der Waals surface area contributed by atoms with Crippen molar-refractivity contribution in [3.05, 3.63) is 130 Å². The molecule has 6 rings (SSSR count). The van der Waals surface area contributed by atoms with Crippen LogP contribution in [-0.2, 0) is 4.79 Å². The topological polar surface area (TPSA) is 69.7 Å². The summed E-state index contributed by atoms with van der Waals surface area (Å²) < 4.78 is 0. The molecule has 0 aliphatic carbocycles. The van der Waals surface area contributed by atoms with Gasteiger partial charge in [0.2, 0.25) is 5.91 Å². The lowest BCUT2D eigenvalue weighted by Crippen LogP contribution is -2.54. The van der Waals surface area contributed by atoms with E-state index >= 15 is 0 Å². The van der Waals surface area contributed by atoms with E-state index in [0.29, 0.717) is 37.3 Å². The molecule has 2 aliphatic heterocycles. The van der Waals surface area contributed by atoms with Gasteiger partial charge in [-0.1, -0.05) is 84.9 Å². The Kier molecular flexibility index (Phi) is 7.58. The van der Waals surface area contributed by atoms with Gasteiger partial charge in [-0.3, -0.25) is 14.4 Å². The normalized spacial score (nSPS) is 22.7. The fraction of sp³-hybridized carbons (Fsp3) is 0.242. The number of likely N-dealkylation sites (tertiary alicyclic amines) is 1. The van der Waals surface area contributed by atoms with Gasteiger partial charge >= 0.3 is 0 Å². The summed E-state index contributed by atoms with van der Waals surface area (Å²) in [5.41, 5.74) is 1.97. The first kappa shape index (κ1) is 26.2. The number of nitrogens with one attached hydrogen (secondary N) is 1. The van der Waals surface area contributed by atoms with Crippen molar-refractivity contribution in [1.82, 2.24) is 15.1 Å². The van der Waals surface area contributed by atoms with E-state index in [0.717, 1.165) is 10.4 Å². The first-order valence-electron chi connectivity index (χ1n) is 13.7. The van der Waals surface area contributed by atoms with Crippen LogP contribution in [0.15, 0.2) is 109 Å². The van der Waals surface area contributed by atoms with Crippen LogP contribution in [0.3, 0.4) is 0 Å². The lowest BCUT2D eigenvalue weighted by molar-refractivity contribution is -0.136. The molecular weight excluding hydrogens is 518 g/mol. The van der Waals surface area contributed by atoms with Crippen molar-refractivity contribution >= 4 is 28.9 Å². The molecule has 2 saturated heterocycles. The van der Waals surface area contributed by atoms with Gasteiger partial charge < -0.3 is 15.1 Å². The molecule has 0 bridgehead atoms. The van der Waals surface area contributed by atoms with Crippen molar-refractivity contribution in [2.75, 3.05) is 26.2 Å². The highest BCUT2D eigenvalue weighted by Crippen LogP contribution is 2.53. The molecule has 0 saturated carbocycles. The molecule has 4 unspecified atom stereocenters. The first-order valence-corrected chi connectivity index (χ1v) is 14.6. The molecular formula is C33H31N3O3S. The molecule has 4 aromatic rings. The minimum atomic E-state index is -0.835. The van der Waals surface area contributed by atoms with E-state index in [4.69, 9.17) is 0 Å². The first-order chi connectivity index (χ1) is 19.6. The molecule has 40 heavy (non-hydrogen) atoms. The second kappa shape index (κ2) is 11.6. The Morgan fingerprint density at radius 1 is 0.725 bits per heavy atom. The van der Waals surface area contributed by atoms with Gasteiger partial charge in [-0.25, -0.2) is 0 Å². The largest absolute Gasteiger partial charge is 0.338 e. The Bertz CT molecular complexity index is 1450. The third-order valence-electron chi connectivity index (χ3n) is 7.98. The van der Waals surface area contributed by atoms with E-state index < -0.39 is 23.9 Å². The van der Waals surface area contributed by atoms with Crippen molar-refractivity contribution in [3.63, 3.8) is 0 Å². The van der Waals surface area contributed by atoms with Crippen LogP contribution in [0.2, 0.25) is 0 Å². The van der Waals surface area contributed by atoms with Crippen molar-refractivity contribution in [2.45, 2.75) is 18.0 Å². The molecule has 2 amide bonds. The molecule has 1 aromatic heterocycles. The average Bonchev–Trinajstić information content (AvgIpc) is 3.68. The average molecular weight is 550 g/mol. The zero-order valence-corrected chi connectivity index (χ0v) is 22.9. The number of benzene rings is 3. The number of hydrogen-bond acceptors (Lipinski definition) is 5. The smallest absolute Gasteiger partial charge is 0.255 e. The highest BCUT2D eigenvalue weighted by molar-refractivity contribution is 7.10. The van der Waals surface area contributed by atoms with Crippen LogP contribution in [0.5, 0.6) is 0 Å². The fourth-order valence-electron chi connectivity index (χ4n) is 6.18. The summed E-state index contributed by atoms with van der Waals surface area (Å²) in [4.78, 5) is 48.0. The fourth-order valence-corrected chi connectivity index (χ4v) is 7.05. The van der Waals surface area contributed by atoms with E-state index in [9.17, 15) is 14.4 Å². The summed E-state index contributed by atoms with van der Waals surface area (Å²) in [5, 5.41) is 5.28. The number of carbonyl (C=O) groups excluding carboxylic acids is 3. The number of hydrogen-bond donors (Lipinski definition) is 1. The number of ketones is 1. The van der Waals surface area contributed by atoms with Crippen LogP contribution >= 0.6 is 11.3 Å². The molecule has 7 heteroatoms. The molecule has 0 radical (unpaired) electrons. The predicted octanol–water partition coefficient (Wildman–Crippen LogP) is 5.03. The molecule has 4 atom stereocenters. The van der Waals surface area contributed by atoms with Crippen LogP contribution in [0.4, 0.5) is 0 Å². The minimum Gasteiger partial charge on any atom is -0.338 e. The van der Waals surface area contributed by atoms with E-state index in [1.165, 1.54) is 11.3 Å². The Hall–Kier alpha value is -4.07. The summed E-state index contributed by atoms with van der Waals surface area (Å²) in [6, 6.07) is 30.6. The third-order valence-corrected chi connectivity index (χ3v) is 8.93. The molecule has 6 nitrogen and oxygen atoms in total. The van der Waals surface area contributed by atoms with Crippen LogP contribution in [-0.4, -0.2) is 59.6 Å². The van der Waals surface area contributed by atoms with Crippen molar-refractivity contribution in [3.8, 4) is 0 Å². The minimum absolute atomic E-state index is 0.0608. The summed E-state index contributed by atoms with van der Waals surface area (Å²) in [7, 11) is 0. The van der Waals surface area contributed by atoms with E-state index in [2.05, 4.69) is 5.32 Å². The Balaban J connectivity index is 1.58. The standard InChI is InChI=1S/C33H31N3O3S/c37-31(24-13-6-2-7-14-24)28-27(23-11-4-1-5-12-23)30(33(39)35-20-18-34-19-21-35)36(29(28)26-17-10-22-40-26)32(38)25-15-8-3-9-16-25/h1-17,22,27-30,34H,18-21H2. The number of carbonyl (C=O) groups is 3. The number of thiophene rings is 1. The number of rotatable bonds is 6. The zero-order valence-electron chi connectivity index (χ0n) is 22.1. The lowest BCUT2D eigenvalue weighted by Gasteiger charge is -2.36. The second-order valence-electron chi connectivity index (χ2n) is 10.3. The molecule has 2 fully saturated rings. The van der Waals surface area contributed by atoms with Crippen molar-refractivity contribution in [1.29, 1.82) is 0 Å². The second-order valence-corrected chi connectivity index (χ2v) is 11.2. The van der Waals surface area contributed by atoms with Crippen molar-refractivity contribution in [2.24, 2.45) is 5.92 Å². The van der Waals surface area contributed by atoms with Gasteiger partial charge in [0.1, 0.15) is 6.04 Å². The van der Waals surface area contributed by atoms with Crippen LogP contribution in [0.25, 0.3) is 0 Å². The van der Waals surface area contributed by atoms with Gasteiger partial charge in [0, 0.05) is 48.1 Å². The molecule has 2 aliphatic rings. The number of Topliss-reactive ketones (excluding diaryl/α,β-unsaturated/α-hetero) is 1. The van der Waals surface area contributed by atoms with Crippen LogP contribution in [0, 0.1) is 5.92 Å². The number of amides is 2. The van der Waals surface area contributed by atoms with Gasteiger partial charge in [-0.2, -0.15) is 0 Å². The molecule has 1 N–H and O–H groups in total. The summed E-state index contributed by atoms with van der Waals surface area (Å²) in [6.07, 6.45) is 0. The van der Waals surface area contributed by atoms with E-state index in [1.807, 2.05) is 101 Å². The highest BCUT2D eigenvalue weighted by atomic mass is 32.1. The summed E-state index contributed by atoms with van der Waals surface area (Å²) in [5.74, 6) is -1.57. The van der Waals surface area contributed by atoms with Gasteiger partial charge in [-0.15, -0.1) is 11.3 Å². The summed E-state index contributed by atoms with van der Waals surface area (Å²) in [6.45, 7) is 2.51. The van der Waals surface area contributed by atoms with E-state index in [-0.39, 0.29) is 17.6 Å². The quantitative estimate of drug-likeness (QED) is 0.343. The van der Waals surface area contributed by atoms with Crippen LogP contribution < -0.4 is 5.32 Å². The van der Waals surface area contributed by atoms with Crippen LogP contribution in [0.1, 0.15) is 43.1 Å². The maximum atomic E-state index is 14.5. The van der Waals surface area contributed by atoms with E-state index in [1.54, 1.807) is 17.0 Å². The zero-order chi connectivity index (χ0) is 27.5. The molecule has 3 heterocycles. The maximum Gasteiger partial charge on any atom is 0.255 e. The van der Waals surface area contributed by atoms with Gasteiger partial charge in [0.15, 0.2) is 5.78 Å². The van der Waals surface area contributed by atoms with Crippen molar-refractivity contribution < 1.29 is 14.4 Å². The summed E-state index contributed by atoms with van der Waals surface area (Å²) >= 11 is 1.52. The van der Waals surface area contributed by atoms with Gasteiger partial charge in [0.25, 0.3) is 5.91 Å². The maximum absolute atomic E-state index is 14.5. The SMILES string of the molecule is O=C(c1ccccc1)C1C(c2ccccc2)C(C(=O)N2CCNCC2)N(C(=O)c2ccccc2)C1c1cccs1. The monoisotopic (exact) mass is 549 g/mol. The number of nitrogens with zero attached hydrogens (tertiary/aromatic N) is 2. The molecule has 3 aromatic carbocycles. The molecule has 202 valence electrons.